The predicted molar refractivity (Wildman–Crippen MR) is 44.6 cm³/mol. The molecule has 0 aliphatic carbocycles. The van der Waals surface area contributed by atoms with Crippen LogP contribution in [0.1, 0.15) is 6.92 Å². The van der Waals surface area contributed by atoms with E-state index in [1.54, 1.807) is 18.2 Å². The molecule has 1 aromatic carbocycles. The zero-order valence-corrected chi connectivity index (χ0v) is 6.77. The molecule has 1 amide bonds. The van der Waals surface area contributed by atoms with Crippen molar-refractivity contribution in [3.63, 3.8) is 0 Å². The molecule has 0 heterocycles. The Morgan fingerprint density at radius 2 is 2.45 bits per heavy atom. The fourth-order valence-corrected chi connectivity index (χ4v) is 0.873. The number of nitrogens with one attached hydrogen (secondary N) is 1. The highest BCUT2D eigenvalue weighted by molar-refractivity contribution is 6.30. The molecule has 0 atom stereocenters. The van der Waals surface area contributed by atoms with E-state index in [4.69, 9.17) is 11.6 Å². The van der Waals surface area contributed by atoms with Gasteiger partial charge in [0.1, 0.15) is 0 Å². The number of rotatable bonds is 1. The standard InChI is InChI=1S/C8H7ClNO/c1-6(11)10-8-4-2-3-7(9)5-8/h2-3,5H,1H3,(H,10,11). The number of hydrogen-bond donors (Lipinski definition) is 1. The minimum absolute atomic E-state index is 0.122. The van der Waals surface area contributed by atoms with Gasteiger partial charge in [-0.15, -0.1) is 0 Å². The van der Waals surface area contributed by atoms with Crippen molar-refractivity contribution in [3.05, 3.63) is 29.3 Å². The molecule has 3 heteroatoms. The Hall–Kier alpha value is -1.02. The summed E-state index contributed by atoms with van der Waals surface area (Å²) in [7, 11) is 0. The molecular weight excluding hydrogens is 162 g/mol. The van der Waals surface area contributed by atoms with Crippen LogP contribution in [-0.2, 0) is 4.79 Å². The number of anilines is 1. The van der Waals surface area contributed by atoms with Crippen LogP contribution in [0, 0.1) is 6.07 Å². The summed E-state index contributed by atoms with van der Waals surface area (Å²) in [6.07, 6.45) is 0. The van der Waals surface area contributed by atoms with Crippen LogP contribution >= 0.6 is 11.6 Å². The molecule has 0 fully saturated rings. The van der Waals surface area contributed by atoms with Gasteiger partial charge in [0.05, 0.1) is 5.69 Å². The van der Waals surface area contributed by atoms with E-state index in [0.717, 1.165) is 0 Å². The summed E-state index contributed by atoms with van der Waals surface area (Å²) >= 11 is 5.66. The first kappa shape index (κ1) is 8.08. The minimum atomic E-state index is -0.122. The first-order valence-corrected chi connectivity index (χ1v) is 3.51. The second kappa shape index (κ2) is 3.39. The van der Waals surface area contributed by atoms with Gasteiger partial charge in [0.25, 0.3) is 0 Å². The third-order valence-corrected chi connectivity index (χ3v) is 1.31. The molecular formula is C8H7ClNO. The molecule has 0 aliphatic rings. The van der Waals surface area contributed by atoms with Gasteiger partial charge >= 0.3 is 0 Å². The topological polar surface area (TPSA) is 29.1 Å². The Labute approximate surface area is 70.2 Å². The Balaban J connectivity index is 2.79. The molecule has 1 rings (SSSR count). The Morgan fingerprint density at radius 1 is 1.73 bits per heavy atom. The van der Waals surface area contributed by atoms with Gasteiger partial charge in [0.2, 0.25) is 5.91 Å². The zero-order valence-electron chi connectivity index (χ0n) is 6.02. The van der Waals surface area contributed by atoms with Gasteiger partial charge in [-0.05, 0) is 12.1 Å². The third-order valence-electron chi connectivity index (χ3n) is 1.07. The van der Waals surface area contributed by atoms with Crippen molar-refractivity contribution in [2.75, 3.05) is 5.32 Å². The normalized spacial score (nSPS) is 9.27. The summed E-state index contributed by atoms with van der Waals surface area (Å²) in [5, 5.41) is 3.16. The number of carbonyl (C=O) groups excluding carboxylic acids is 1. The Kier molecular flexibility index (Phi) is 2.49. The van der Waals surface area contributed by atoms with Crippen molar-refractivity contribution in [1.82, 2.24) is 0 Å². The summed E-state index contributed by atoms with van der Waals surface area (Å²) in [4.78, 5) is 10.6. The fourth-order valence-electron chi connectivity index (χ4n) is 0.701. The second-order valence-corrected chi connectivity index (χ2v) is 2.54. The number of carbonyl (C=O) groups is 1. The van der Waals surface area contributed by atoms with Crippen LogP contribution in [0.25, 0.3) is 0 Å². The first-order valence-electron chi connectivity index (χ1n) is 3.13. The monoisotopic (exact) mass is 168 g/mol. The molecule has 0 saturated heterocycles. The lowest BCUT2D eigenvalue weighted by molar-refractivity contribution is -0.114. The molecule has 57 valence electrons. The predicted octanol–water partition coefficient (Wildman–Crippen LogP) is 2.10. The maximum atomic E-state index is 10.6. The maximum Gasteiger partial charge on any atom is 0.221 e. The average molecular weight is 169 g/mol. The Bertz CT molecular complexity index is 273. The molecule has 11 heavy (non-hydrogen) atoms. The third kappa shape index (κ3) is 2.60. The van der Waals surface area contributed by atoms with E-state index < -0.39 is 0 Å². The van der Waals surface area contributed by atoms with Gasteiger partial charge in [0, 0.05) is 18.0 Å². The smallest absolute Gasteiger partial charge is 0.221 e. The molecule has 1 aromatic rings. The van der Waals surface area contributed by atoms with Crippen LogP contribution in [0.15, 0.2) is 18.2 Å². The molecule has 2 nitrogen and oxygen atoms in total. The largest absolute Gasteiger partial charge is 0.326 e. The minimum Gasteiger partial charge on any atom is -0.326 e. The van der Waals surface area contributed by atoms with Crippen molar-refractivity contribution >= 4 is 23.2 Å². The van der Waals surface area contributed by atoms with E-state index in [1.165, 1.54) is 6.92 Å². The van der Waals surface area contributed by atoms with Crippen molar-refractivity contribution in [1.29, 1.82) is 0 Å². The number of amides is 1. The number of halogens is 1. The number of hydrogen-bond acceptors (Lipinski definition) is 1. The highest BCUT2D eigenvalue weighted by atomic mass is 35.5. The fraction of sp³-hybridized carbons (Fsp3) is 0.125. The molecule has 0 bridgehead atoms. The summed E-state index contributed by atoms with van der Waals surface area (Å²) in [6.45, 7) is 1.44. The summed E-state index contributed by atoms with van der Waals surface area (Å²) in [5.74, 6) is -0.122. The summed E-state index contributed by atoms with van der Waals surface area (Å²) in [5.41, 5.74) is 0.602. The lowest BCUT2D eigenvalue weighted by atomic mass is 10.3. The highest BCUT2D eigenvalue weighted by Gasteiger charge is 1.94. The van der Waals surface area contributed by atoms with Crippen molar-refractivity contribution in [2.24, 2.45) is 0 Å². The van der Waals surface area contributed by atoms with Crippen molar-refractivity contribution in [3.8, 4) is 0 Å². The SMILES string of the molecule is CC(=O)Nc1[c]ccc(Cl)c1. The molecule has 0 aromatic heterocycles. The second-order valence-electron chi connectivity index (χ2n) is 2.10. The molecule has 1 radical (unpaired) electrons. The first-order chi connectivity index (χ1) is 5.18. The van der Waals surface area contributed by atoms with Gasteiger partial charge in [-0.1, -0.05) is 17.7 Å². The molecule has 0 unspecified atom stereocenters. The van der Waals surface area contributed by atoms with E-state index in [1.807, 2.05) is 0 Å². The molecule has 0 aliphatic heterocycles. The summed E-state index contributed by atoms with van der Waals surface area (Å²) in [6, 6.07) is 7.83. The van der Waals surface area contributed by atoms with E-state index in [0.29, 0.717) is 10.7 Å². The van der Waals surface area contributed by atoms with Crippen LogP contribution in [0.3, 0.4) is 0 Å². The zero-order chi connectivity index (χ0) is 8.27. The van der Waals surface area contributed by atoms with Crippen LogP contribution in [0.4, 0.5) is 5.69 Å². The quantitative estimate of drug-likeness (QED) is 0.684. The molecule has 1 N–H and O–H groups in total. The lowest BCUT2D eigenvalue weighted by Crippen LogP contribution is -2.05. The van der Waals surface area contributed by atoms with Crippen LogP contribution in [0.2, 0.25) is 5.02 Å². The van der Waals surface area contributed by atoms with E-state index in [2.05, 4.69) is 11.4 Å². The van der Waals surface area contributed by atoms with Gasteiger partial charge in [-0.2, -0.15) is 0 Å². The van der Waals surface area contributed by atoms with Gasteiger partial charge < -0.3 is 5.32 Å². The van der Waals surface area contributed by atoms with Gasteiger partial charge in [-0.25, -0.2) is 0 Å². The average Bonchev–Trinajstić information content (AvgIpc) is 1.85. The van der Waals surface area contributed by atoms with Gasteiger partial charge in [-0.3, -0.25) is 4.79 Å². The lowest BCUT2D eigenvalue weighted by Gasteiger charge is -1.99. The van der Waals surface area contributed by atoms with E-state index in [9.17, 15) is 4.79 Å². The van der Waals surface area contributed by atoms with Crippen LogP contribution in [-0.4, -0.2) is 5.91 Å². The van der Waals surface area contributed by atoms with Gasteiger partial charge in [0.15, 0.2) is 0 Å². The van der Waals surface area contributed by atoms with Crippen molar-refractivity contribution in [2.45, 2.75) is 6.92 Å². The van der Waals surface area contributed by atoms with Crippen LogP contribution < -0.4 is 5.32 Å². The molecule has 0 spiro atoms. The van der Waals surface area contributed by atoms with E-state index in [-0.39, 0.29) is 5.91 Å². The maximum absolute atomic E-state index is 10.6. The molecule has 0 saturated carbocycles. The van der Waals surface area contributed by atoms with Crippen molar-refractivity contribution < 1.29 is 4.79 Å². The Morgan fingerprint density at radius 3 is 3.00 bits per heavy atom. The highest BCUT2D eigenvalue weighted by Crippen LogP contribution is 2.13. The number of benzene rings is 1. The summed E-state index contributed by atoms with van der Waals surface area (Å²) < 4.78 is 0. The van der Waals surface area contributed by atoms with Crippen LogP contribution in [0.5, 0.6) is 0 Å². The van der Waals surface area contributed by atoms with E-state index >= 15 is 0 Å².